The van der Waals surface area contributed by atoms with Gasteiger partial charge in [-0.1, -0.05) is 6.92 Å². The number of alkyl halides is 3. The van der Waals surface area contributed by atoms with Crippen LogP contribution in [0.2, 0.25) is 0 Å². The highest BCUT2D eigenvalue weighted by Gasteiger charge is 2.28. The molecule has 0 radical (unpaired) electrons. The molecule has 0 aliphatic rings. The van der Waals surface area contributed by atoms with E-state index in [4.69, 9.17) is 5.11 Å². The molecule has 0 heterocycles. The van der Waals surface area contributed by atoms with Crippen molar-refractivity contribution in [2.45, 2.75) is 32.5 Å². The molecule has 1 unspecified atom stereocenters. The molecule has 0 bridgehead atoms. The smallest absolute Gasteiger partial charge is 0.405 e. The van der Waals surface area contributed by atoms with Crippen molar-refractivity contribution in [2.24, 2.45) is 0 Å². The van der Waals surface area contributed by atoms with Gasteiger partial charge in [0.05, 0.1) is 13.0 Å². The van der Waals surface area contributed by atoms with Crippen molar-refractivity contribution in [1.29, 1.82) is 0 Å². The Hall–Kier alpha value is -1.31. The summed E-state index contributed by atoms with van der Waals surface area (Å²) in [6, 6.07) is -0.413. The molecule has 18 heavy (non-hydrogen) atoms. The fraction of sp³-hybridized carbons (Fsp3) is 0.800. The lowest BCUT2D eigenvalue weighted by Gasteiger charge is -2.26. The molecular weight excluding hydrogens is 253 g/mol. The molecule has 0 saturated carbocycles. The number of hydrogen-bond acceptors (Lipinski definition) is 3. The predicted molar refractivity (Wildman–Crippen MR) is 58.0 cm³/mol. The Bertz CT molecular complexity index is 295. The van der Waals surface area contributed by atoms with Crippen LogP contribution in [0.25, 0.3) is 0 Å². The van der Waals surface area contributed by atoms with Gasteiger partial charge in [0.25, 0.3) is 0 Å². The summed E-state index contributed by atoms with van der Waals surface area (Å²) in [6.07, 6.45) is -4.61. The van der Waals surface area contributed by atoms with Gasteiger partial charge in [0.2, 0.25) is 5.91 Å². The highest BCUT2D eigenvalue weighted by atomic mass is 19.4. The third-order valence-electron chi connectivity index (χ3n) is 2.33. The van der Waals surface area contributed by atoms with Crippen LogP contribution in [-0.2, 0) is 9.59 Å². The van der Waals surface area contributed by atoms with Gasteiger partial charge in [-0.15, -0.1) is 0 Å². The molecule has 0 rings (SSSR count). The van der Waals surface area contributed by atoms with Crippen LogP contribution < -0.4 is 5.32 Å². The molecule has 8 heteroatoms. The summed E-state index contributed by atoms with van der Waals surface area (Å²) >= 11 is 0. The van der Waals surface area contributed by atoms with E-state index in [0.717, 1.165) is 0 Å². The standard InChI is InChI=1S/C10H17F3N2O3/c1-3-15(7(2)4-9(17)18)5-8(16)14-6-10(11,12)13/h7H,3-6H2,1-2H3,(H,14,16)(H,17,18). The van der Waals surface area contributed by atoms with E-state index < -0.39 is 30.6 Å². The van der Waals surface area contributed by atoms with Crippen LogP contribution in [-0.4, -0.2) is 53.7 Å². The molecule has 1 amide bonds. The monoisotopic (exact) mass is 270 g/mol. The Labute approximate surface area is 103 Å². The van der Waals surface area contributed by atoms with Crippen LogP contribution in [0.15, 0.2) is 0 Å². The molecule has 0 aliphatic carbocycles. The number of amides is 1. The van der Waals surface area contributed by atoms with E-state index in [1.165, 1.54) is 4.90 Å². The minimum atomic E-state index is -4.45. The van der Waals surface area contributed by atoms with Gasteiger partial charge in [-0.3, -0.25) is 14.5 Å². The van der Waals surface area contributed by atoms with E-state index in [2.05, 4.69) is 0 Å². The predicted octanol–water partition coefficient (Wildman–Crippen LogP) is 0.850. The number of likely N-dealkylation sites (N-methyl/N-ethyl adjacent to an activating group) is 1. The fourth-order valence-corrected chi connectivity index (χ4v) is 1.40. The molecule has 1 atom stereocenters. The maximum absolute atomic E-state index is 11.9. The second-order valence-corrected chi connectivity index (χ2v) is 3.90. The number of rotatable bonds is 7. The highest BCUT2D eigenvalue weighted by Crippen LogP contribution is 2.12. The van der Waals surface area contributed by atoms with E-state index in [1.807, 2.05) is 0 Å². The number of carboxylic acid groups (broad SMARTS) is 1. The zero-order valence-electron chi connectivity index (χ0n) is 10.3. The molecule has 0 aromatic rings. The van der Waals surface area contributed by atoms with Gasteiger partial charge in [-0.05, 0) is 13.5 Å². The van der Waals surface area contributed by atoms with Gasteiger partial charge < -0.3 is 10.4 Å². The van der Waals surface area contributed by atoms with Gasteiger partial charge >= 0.3 is 12.1 Å². The zero-order chi connectivity index (χ0) is 14.3. The lowest BCUT2D eigenvalue weighted by Crippen LogP contribution is -2.44. The van der Waals surface area contributed by atoms with E-state index in [0.29, 0.717) is 6.54 Å². The summed E-state index contributed by atoms with van der Waals surface area (Å²) in [5.41, 5.74) is 0. The highest BCUT2D eigenvalue weighted by molar-refractivity contribution is 5.78. The number of nitrogens with zero attached hydrogens (tertiary/aromatic N) is 1. The van der Waals surface area contributed by atoms with E-state index in [-0.39, 0.29) is 13.0 Å². The molecule has 0 spiro atoms. The first-order valence-corrected chi connectivity index (χ1v) is 5.45. The Morgan fingerprint density at radius 2 is 1.94 bits per heavy atom. The molecule has 0 aliphatic heterocycles. The Morgan fingerprint density at radius 1 is 1.39 bits per heavy atom. The summed E-state index contributed by atoms with van der Waals surface area (Å²) in [7, 11) is 0. The molecular formula is C10H17F3N2O3. The Morgan fingerprint density at radius 3 is 2.33 bits per heavy atom. The SMILES string of the molecule is CCN(CC(=O)NCC(F)(F)F)C(C)CC(=O)O. The average molecular weight is 270 g/mol. The third kappa shape index (κ3) is 7.88. The minimum absolute atomic E-state index is 0.166. The number of carbonyl (C=O) groups is 2. The van der Waals surface area contributed by atoms with Gasteiger partial charge in [0.15, 0.2) is 0 Å². The lowest BCUT2D eigenvalue weighted by molar-refractivity contribution is -0.140. The molecule has 0 aromatic carbocycles. The van der Waals surface area contributed by atoms with Crippen molar-refractivity contribution in [3.63, 3.8) is 0 Å². The number of carboxylic acids is 1. The van der Waals surface area contributed by atoms with Crippen LogP contribution in [0.3, 0.4) is 0 Å². The van der Waals surface area contributed by atoms with Crippen LogP contribution in [0.4, 0.5) is 13.2 Å². The summed E-state index contributed by atoms with van der Waals surface area (Å²) in [5.74, 6) is -1.79. The van der Waals surface area contributed by atoms with E-state index >= 15 is 0 Å². The molecule has 0 saturated heterocycles. The van der Waals surface area contributed by atoms with Crippen LogP contribution in [0.1, 0.15) is 20.3 Å². The Kier molecular flexibility index (Phi) is 6.67. The fourth-order valence-electron chi connectivity index (χ4n) is 1.40. The van der Waals surface area contributed by atoms with Crippen LogP contribution in [0.5, 0.6) is 0 Å². The summed E-state index contributed by atoms with van der Waals surface area (Å²) < 4.78 is 35.6. The van der Waals surface area contributed by atoms with Crippen molar-refractivity contribution in [3.8, 4) is 0 Å². The van der Waals surface area contributed by atoms with Crippen LogP contribution >= 0.6 is 0 Å². The van der Waals surface area contributed by atoms with Crippen molar-refractivity contribution in [3.05, 3.63) is 0 Å². The quantitative estimate of drug-likeness (QED) is 0.719. The average Bonchev–Trinajstić information content (AvgIpc) is 2.20. The number of halogens is 3. The number of carbonyl (C=O) groups excluding carboxylic acids is 1. The summed E-state index contributed by atoms with van der Waals surface area (Å²) in [5, 5.41) is 10.3. The number of nitrogens with one attached hydrogen (secondary N) is 1. The zero-order valence-corrected chi connectivity index (χ0v) is 10.3. The second-order valence-electron chi connectivity index (χ2n) is 3.90. The maximum atomic E-state index is 11.9. The van der Waals surface area contributed by atoms with Gasteiger partial charge in [0.1, 0.15) is 6.54 Å². The second kappa shape index (κ2) is 7.20. The first-order valence-electron chi connectivity index (χ1n) is 5.45. The molecule has 106 valence electrons. The van der Waals surface area contributed by atoms with Crippen LogP contribution in [0, 0.1) is 0 Å². The maximum Gasteiger partial charge on any atom is 0.405 e. The van der Waals surface area contributed by atoms with Crippen molar-refractivity contribution >= 4 is 11.9 Å². The number of aliphatic carboxylic acids is 1. The summed E-state index contributed by atoms with van der Waals surface area (Å²) in [4.78, 5) is 23.2. The normalized spacial score (nSPS) is 13.4. The molecule has 0 fully saturated rings. The van der Waals surface area contributed by atoms with Crippen molar-refractivity contribution in [1.82, 2.24) is 10.2 Å². The first-order chi connectivity index (χ1) is 8.15. The van der Waals surface area contributed by atoms with E-state index in [9.17, 15) is 22.8 Å². The van der Waals surface area contributed by atoms with Gasteiger partial charge in [-0.2, -0.15) is 13.2 Å². The lowest BCUT2D eigenvalue weighted by atomic mass is 10.2. The molecule has 2 N–H and O–H groups in total. The largest absolute Gasteiger partial charge is 0.481 e. The topological polar surface area (TPSA) is 69.6 Å². The minimum Gasteiger partial charge on any atom is -0.481 e. The van der Waals surface area contributed by atoms with Crippen molar-refractivity contribution < 1.29 is 27.9 Å². The van der Waals surface area contributed by atoms with Gasteiger partial charge in [-0.25, -0.2) is 0 Å². The first kappa shape index (κ1) is 16.7. The van der Waals surface area contributed by atoms with E-state index in [1.54, 1.807) is 19.2 Å². The molecule has 5 nitrogen and oxygen atoms in total. The number of hydrogen-bond donors (Lipinski definition) is 2. The van der Waals surface area contributed by atoms with Gasteiger partial charge in [0, 0.05) is 6.04 Å². The summed E-state index contributed by atoms with van der Waals surface area (Å²) in [6.45, 7) is 2.07. The Balaban J connectivity index is 4.19. The molecule has 0 aromatic heterocycles. The van der Waals surface area contributed by atoms with Crippen molar-refractivity contribution in [2.75, 3.05) is 19.6 Å². The third-order valence-corrected chi connectivity index (χ3v) is 2.33.